The number of anilines is 2. The number of pyridine rings is 2. The Hall–Kier alpha value is -3.11. The van der Waals surface area contributed by atoms with E-state index in [1.807, 2.05) is 12.1 Å². The van der Waals surface area contributed by atoms with Crippen LogP contribution in [0.2, 0.25) is 0 Å². The molecule has 3 aromatic rings. The second-order valence-electron chi connectivity index (χ2n) is 8.94. The first-order valence-corrected chi connectivity index (χ1v) is 12.4. The SMILES string of the molecule is CN[SH]1(=O)C[C@@](C)(c2cc(Nc3nccc4cc(OC)cnc34)ccc2F)NC(=N)C1(C)C. The van der Waals surface area contributed by atoms with E-state index in [0.29, 0.717) is 28.3 Å². The van der Waals surface area contributed by atoms with Crippen molar-refractivity contribution in [3.05, 3.63) is 54.1 Å². The fourth-order valence-electron chi connectivity index (χ4n) is 4.21. The normalized spacial score (nSPS) is 22.4. The van der Waals surface area contributed by atoms with Crippen molar-refractivity contribution in [3.8, 4) is 5.75 Å². The monoisotopic (exact) mass is 472 g/mol. The van der Waals surface area contributed by atoms with Crippen LogP contribution in [0.1, 0.15) is 26.3 Å². The van der Waals surface area contributed by atoms with Gasteiger partial charge in [0.2, 0.25) is 0 Å². The van der Waals surface area contributed by atoms with Crippen molar-refractivity contribution in [2.75, 3.05) is 25.2 Å². The fraction of sp³-hybridized carbons (Fsp3) is 0.348. The number of halogens is 1. The summed E-state index contributed by atoms with van der Waals surface area (Å²) in [5, 5.41) is 15.7. The molecule has 0 aliphatic carbocycles. The minimum Gasteiger partial charge on any atom is -0.495 e. The standard InChI is InChI=1S/C23H29FN6O2S/c1-22(2)21(25)30-23(3,13-33(22,31)26-4)17-11-15(6-7-18(17)24)29-20-19-14(8-9-27-20)10-16(32-5)12-28-19/h6-12,33H,13H2,1-5H3,(H2,25,30)(H,26,31)(H,27,29)/t23-/m0/s1. The topological polar surface area (TPSA) is 112 Å². The number of amidine groups is 1. The quantitative estimate of drug-likeness (QED) is 0.365. The van der Waals surface area contributed by atoms with Gasteiger partial charge in [0.15, 0.2) is 5.82 Å². The molecule has 176 valence electrons. The Balaban J connectivity index is 1.73. The Kier molecular flexibility index (Phi) is 5.61. The van der Waals surface area contributed by atoms with Crippen LogP contribution in [-0.2, 0) is 15.7 Å². The number of hydrogen-bond donors (Lipinski definition) is 5. The van der Waals surface area contributed by atoms with E-state index in [9.17, 15) is 4.21 Å². The van der Waals surface area contributed by atoms with Gasteiger partial charge in [-0.2, -0.15) is 0 Å². The van der Waals surface area contributed by atoms with Crippen molar-refractivity contribution >= 4 is 38.4 Å². The molecule has 33 heavy (non-hydrogen) atoms. The summed E-state index contributed by atoms with van der Waals surface area (Å²) in [4.78, 5) is 8.83. The zero-order valence-corrected chi connectivity index (χ0v) is 20.2. The van der Waals surface area contributed by atoms with Gasteiger partial charge in [-0.25, -0.2) is 14.4 Å². The van der Waals surface area contributed by atoms with E-state index in [1.165, 1.54) is 6.07 Å². The van der Waals surface area contributed by atoms with Gasteiger partial charge in [0.25, 0.3) is 0 Å². The number of thiol groups is 1. The molecule has 8 nitrogen and oxygen atoms in total. The third-order valence-electron chi connectivity index (χ3n) is 6.45. The molecule has 1 saturated heterocycles. The molecule has 1 aliphatic heterocycles. The summed E-state index contributed by atoms with van der Waals surface area (Å²) < 4.78 is 36.0. The number of nitrogens with one attached hydrogen (secondary N) is 4. The molecule has 0 saturated carbocycles. The zero-order chi connectivity index (χ0) is 24.0. The van der Waals surface area contributed by atoms with Crippen molar-refractivity contribution in [3.63, 3.8) is 0 Å². The minimum absolute atomic E-state index is 0.112. The molecule has 3 heterocycles. The van der Waals surface area contributed by atoms with Crippen LogP contribution in [0.15, 0.2) is 42.7 Å². The lowest BCUT2D eigenvalue weighted by molar-refractivity contribution is 0.414. The number of methoxy groups -OCH3 is 1. The highest BCUT2D eigenvalue weighted by molar-refractivity contribution is 8.03. The smallest absolute Gasteiger partial charge is 0.156 e. The van der Waals surface area contributed by atoms with Gasteiger partial charge in [-0.15, -0.1) is 0 Å². The van der Waals surface area contributed by atoms with Crippen LogP contribution >= 0.6 is 0 Å². The van der Waals surface area contributed by atoms with Crippen molar-refractivity contribution in [2.45, 2.75) is 31.1 Å². The highest BCUT2D eigenvalue weighted by Gasteiger charge is 2.50. The molecule has 0 spiro atoms. The molecular formula is C23H29FN6O2S. The Bertz CT molecular complexity index is 1300. The Morgan fingerprint density at radius 2 is 1.97 bits per heavy atom. The molecule has 0 unspecified atom stereocenters. The van der Waals surface area contributed by atoms with Gasteiger partial charge in [0.1, 0.15) is 22.9 Å². The third-order valence-corrected chi connectivity index (χ3v) is 10.3. The van der Waals surface area contributed by atoms with Crippen LogP contribution in [0, 0.1) is 11.2 Å². The van der Waals surface area contributed by atoms with Gasteiger partial charge >= 0.3 is 0 Å². The predicted molar refractivity (Wildman–Crippen MR) is 132 cm³/mol. The number of rotatable bonds is 5. The first-order chi connectivity index (χ1) is 15.5. The lowest BCUT2D eigenvalue weighted by Crippen LogP contribution is -2.69. The molecule has 4 N–H and O–H groups in total. The first kappa shape index (κ1) is 23.1. The molecule has 1 aromatic carbocycles. The number of ether oxygens (including phenoxy) is 1. The summed E-state index contributed by atoms with van der Waals surface area (Å²) in [6.45, 7) is 5.30. The maximum absolute atomic E-state index is 15.1. The van der Waals surface area contributed by atoms with E-state index in [1.54, 1.807) is 59.5 Å². The van der Waals surface area contributed by atoms with Crippen LogP contribution in [-0.4, -0.2) is 44.7 Å². The van der Waals surface area contributed by atoms with E-state index >= 15 is 4.39 Å². The summed E-state index contributed by atoms with van der Waals surface area (Å²) in [6, 6.07) is 8.34. The lowest BCUT2D eigenvalue weighted by atomic mass is 9.91. The number of hydrogen-bond acceptors (Lipinski definition) is 6. The molecule has 10 heteroatoms. The van der Waals surface area contributed by atoms with Crippen LogP contribution in [0.25, 0.3) is 10.9 Å². The number of fused-ring (bicyclic) bond motifs is 1. The van der Waals surface area contributed by atoms with Gasteiger partial charge < -0.3 is 15.4 Å². The predicted octanol–water partition coefficient (Wildman–Crippen LogP) is 3.25. The largest absolute Gasteiger partial charge is 0.495 e. The molecule has 0 bridgehead atoms. The first-order valence-electron chi connectivity index (χ1n) is 10.5. The van der Waals surface area contributed by atoms with Crippen LogP contribution < -0.4 is 20.1 Å². The highest BCUT2D eigenvalue weighted by atomic mass is 32.3. The summed E-state index contributed by atoms with van der Waals surface area (Å²) in [5.41, 5.74) is 0.528. The molecule has 4 rings (SSSR count). The minimum atomic E-state index is -3.04. The Morgan fingerprint density at radius 3 is 2.67 bits per heavy atom. The Labute approximate surface area is 193 Å². The lowest BCUT2D eigenvalue weighted by Gasteiger charge is -2.51. The van der Waals surface area contributed by atoms with Crippen molar-refractivity contribution in [2.24, 2.45) is 0 Å². The number of nitrogens with zero attached hydrogens (tertiary/aromatic N) is 2. The molecule has 0 radical (unpaired) electrons. The molecular weight excluding hydrogens is 443 g/mol. The summed E-state index contributed by atoms with van der Waals surface area (Å²) >= 11 is 0. The maximum Gasteiger partial charge on any atom is 0.156 e. The van der Waals surface area contributed by atoms with E-state index < -0.39 is 26.2 Å². The van der Waals surface area contributed by atoms with Crippen molar-refractivity contribution in [1.82, 2.24) is 20.0 Å². The van der Waals surface area contributed by atoms with Crippen molar-refractivity contribution < 1.29 is 13.3 Å². The summed E-state index contributed by atoms with van der Waals surface area (Å²) in [7, 11) is 0.169. The molecule has 1 atom stereocenters. The molecule has 1 aliphatic rings. The van der Waals surface area contributed by atoms with E-state index in [-0.39, 0.29) is 11.6 Å². The Morgan fingerprint density at radius 1 is 1.21 bits per heavy atom. The van der Waals surface area contributed by atoms with Gasteiger partial charge in [0, 0.05) is 28.6 Å². The van der Waals surface area contributed by atoms with Crippen molar-refractivity contribution in [1.29, 1.82) is 5.41 Å². The van der Waals surface area contributed by atoms with Gasteiger partial charge in [-0.1, -0.05) is 0 Å². The fourth-order valence-corrected chi connectivity index (χ4v) is 6.88. The summed E-state index contributed by atoms with van der Waals surface area (Å²) in [6.07, 6.45) is 3.27. The second-order valence-corrected chi connectivity index (χ2v) is 12.3. The average molecular weight is 473 g/mol. The summed E-state index contributed by atoms with van der Waals surface area (Å²) in [5.74, 6) is 0.976. The average Bonchev–Trinajstić information content (AvgIpc) is 2.78. The zero-order valence-electron chi connectivity index (χ0n) is 19.3. The number of benzene rings is 1. The van der Waals surface area contributed by atoms with Gasteiger partial charge in [-0.05, 0) is 68.3 Å². The second kappa shape index (κ2) is 8.03. The van der Waals surface area contributed by atoms with Crippen LogP contribution in [0.4, 0.5) is 15.9 Å². The molecule has 1 fully saturated rings. The van der Waals surface area contributed by atoms with Crippen LogP contribution in [0.5, 0.6) is 5.75 Å². The van der Waals surface area contributed by atoms with Gasteiger partial charge in [0.05, 0.1) is 23.6 Å². The van der Waals surface area contributed by atoms with Gasteiger partial charge in [-0.3, -0.25) is 14.3 Å². The molecule has 0 amide bonds. The van der Waals surface area contributed by atoms with E-state index in [2.05, 4.69) is 25.3 Å². The third kappa shape index (κ3) is 3.83. The number of aromatic nitrogens is 2. The van der Waals surface area contributed by atoms with E-state index in [4.69, 9.17) is 10.1 Å². The van der Waals surface area contributed by atoms with E-state index in [0.717, 1.165) is 5.39 Å². The highest BCUT2D eigenvalue weighted by Crippen LogP contribution is 2.38. The van der Waals surface area contributed by atoms with Crippen LogP contribution in [0.3, 0.4) is 0 Å². The maximum atomic E-state index is 15.1. The molecule has 2 aromatic heterocycles.